The molecule has 0 amide bonds. The lowest BCUT2D eigenvalue weighted by Crippen LogP contribution is -2.27. The molecule has 2 aromatic carbocycles. The SMILES string of the molecule is CCC(CC(CC)OC(=O)c1ccc(C(C)C)cc1)OC(=O)c1ccc(C(C)C)cc1. The molecule has 0 saturated carbocycles. The van der Waals surface area contributed by atoms with Crippen LogP contribution in [0.1, 0.15) is 104 Å². The Morgan fingerprint density at radius 3 is 1.23 bits per heavy atom. The van der Waals surface area contributed by atoms with Crippen LogP contribution in [0.2, 0.25) is 0 Å². The van der Waals surface area contributed by atoms with Crippen LogP contribution in [-0.2, 0) is 9.47 Å². The molecule has 0 spiro atoms. The summed E-state index contributed by atoms with van der Waals surface area (Å²) < 4.78 is 11.4. The number of ether oxygens (including phenoxy) is 2. The molecule has 4 nitrogen and oxygen atoms in total. The number of carbonyl (C=O) groups excluding carboxylic acids is 2. The summed E-state index contributed by atoms with van der Waals surface area (Å²) in [7, 11) is 0. The Morgan fingerprint density at radius 1 is 0.645 bits per heavy atom. The summed E-state index contributed by atoms with van der Waals surface area (Å²) in [5.41, 5.74) is 3.45. The van der Waals surface area contributed by atoms with Crippen molar-refractivity contribution in [2.45, 2.75) is 84.8 Å². The van der Waals surface area contributed by atoms with Gasteiger partial charge in [-0.05, 0) is 60.1 Å². The molecule has 2 aromatic rings. The Hall–Kier alpha value is -2.62. The topological polar surface area (TPSA) is 52.6 Å². The minimum Gasteiger partial charge on any atom is -0.459 e. The van der Waals surface area contributed by atoms with Crippen molar-refractivity contribution in [2.24, 2.45) is 0 Å². The van der Waals surface area contributed by atoms with Gasteiger partial charge in [-0.25, -0.2) is 9.59 Å². The van der Waals surface area contributed by atoms with Crippen LogP contribution < -0.4 is 0 Å². The number of rotatable bonds is 10. The fraction of sp³-hybridized carbons (Fsp3) is 0.481. The highest BCUT2D eigenvalue weighted by atomic mass is 16.6. The van der Waals surface area contributed by atoms with Crippen LogP contribution in [0.5, 0.6) is 0 Å². The number of esters is 2. The maximum absolute atomic E-state index is 12.6. The van der Waals surface area contributed by atoms with Gasteiger partial charge in [-0.3, -0.25) is 0 Å². The van der Waals surface area contributed by atoms with E-state index in [-0.39, 0.29) is 24.1 Å². The first-order valence-corrected chi connectivity index (χ1v) is 11.4. The molecule has 0 fully saturated rings. The second-order valence-corrected chi connectivity index (χ2v) is 8.66. The molecular formula is C27H36O4. The van der Waals surface area contributed by atoms with Gasteiger partial charge in [0.25, 0.3) is 0 Å². The summed E-state index contributed by atoms with van der Waals surface area (Å²) in [6.07, 6.45) is 1.19. The lowest BCUT2D eigenvalue weighted by Gasteiger charge is -2.22. The van der Waals surface area contributed by atoms with Crippen molar-refractivity contribution in [3.8, 4) is 0 Å². The quantitative estimate of drug-likeness (QED) is 0.390. The lowest BCUT2D eigenvalue weighted by atomic mass is 10.0. The van der Waals surface area contributed by atoms with E-state index in [0.29, 0.717) is 42.2 Å². The van der Waals surface area contributed by atoms with Gasteiger partial charge in [-0.2, -0.15) is 0 Å². The Labute approximate surface area is 187 Å². The summed E-state index contributed by atoms with van der Waals surface area (Å²) in [5, 5.41) is 0. The van der Waals surface area contributed by atoms with Gasteiger partial charge < -0.3 is 9.47 Å². The maximum atomic E-state index is 12.6. The van der Waals surface area contributed by atoms with Gasteiger partial charge in [-0.1, -0.05) is 65.8 Å². The number of hydrogen-bond donors (Lipinski definition) is 0. The molecular weight excluding hydrogens is 388 g/mol. The molecule has 0 N–H and O–H groups in total. The Bertz CT molecular complexity index is 763. The highest BCUT2D eigenvalue weighted by molar-refractivity contribution is 5.90. The molecule has 2 unspecified atom stereocenters. The average Bonchev–Trinajstić information content (AvgIpc) is 2.77. The minimum absolute atomic E-state index is 0.307. The highest BCUT2D eigenvalue weighted by Gasteiger charge is 2.22. The highest BCUT2D eigenvalue weighted by Crippen LogP contribution is 2.20. The number of benzene rings is 2. The fourth-order valence-corrected chi connectivity index (χ4v) is 3.34. The van der Waals surface area contributed by atoms with Crippen LogP contribution in [-0.4, -0.2) is 24.1 Å². The van der Waals surface area contributed by atoms with Crippen LogP contribution in [0.25, 0.3) is 0 Å². The minimum atomic E-state index is -0.340. The summed E-state index contributed by atoms with van der Waals surface area (Å²) >= 11 is 0. The first kappa shape index (κ1) is 24.6. The summed E-state index contributed by atoms with van der Waals surface area (Å²) in [5.74, 6) is 0.144. The Balaban J connectivity index is 1.96. The molecule has 0 saturated heterocycles. The van der Waals surface area contributed by atoms with Crippen LogP contribution in [0.4, 0.5) is 0 Å². The van der Waals surface area contributed by atoms with Gasteiger partial charge in [0.1, 0.15) is 12.2 Å². The first-order chi connectivity index (χ1) is 14.7. The third-order valence-electron chi connectivity index (χ3n) is 5.61. The molecule has 0 aliphatic carbocycles. The molecule has 0 aliphatic heterocycles. The zero-order valence-corrected chi connectivity index (χ0v) is 19.7. The van der Waals surface area contributed by atoms with Crippen molar-refractivity contribution in [2.75, 3.05) is 0 Å². The van der Waals surface area contributed by atoms with Crippen molar-refractivity contribution >= 4 is 11.9 Å². The second kappa shape index (κ2) is 11.7. The van der Waals surface area contributed by atoms with Crippen LogP contribution in [0, 0.1) is 0 Å². The predicted octanol–water partition coefficient (Wildman–Crippen LogP) is 6.89. The number of hydrogen-bond acceptors (Lipinski definition) is 4. The smallest absolute Gasteiger partial charge is 0.338 e. The summed E-state index contributed by atoms with van der Waals surface area (Å²) in [6.45, 7) is 12.4. The number of carbonyl (C=O) groups is 2. The monoisotopic (exact) mass is 424 g/mol. The van der Waals surface area contributed by atoms with Gasteiger partial charge in [-0.15, -0.1) is 0 Å². The molecule has 0 aromatic heterocycles. The third-order valence-corrected chi connectivity index (χ3v) is 5.61. The van der Waals surface area contributed by atoms with Gasteiger partial charge in [0.05, 0.1) is 11.1 Å². The zero-order valence-electron chi connectivity index (χ0n) is 19.7. The maximum Gasteiger partial charge on any atom is 0.338 e. The third kappa shape index (κ3) is 7.23. The molecule has 31 heavy (non-hydrogen) atoms. The van der Waals surface area contributed by atoms with E-state index in [4.69, 9.17) is 9.47 Å². The van der Waals surface area contributed by atoms with E-state index in [0.717, 1.165) is 0 Å². The van der Waals surface area contributed by atoms with Crippen LogP contribution in [0.15, 0.2) is 48.5 Å². The van der Waals surface area contributed by atoms with Gasteiger partial charge in [0.15, 0.2) is 0 Å². The standard InChI is InChI=1S/C27H36O4/c1-7-24(30-26(28)22-13-9-20(10-14-22)18(3)4)17-25(8-2)31-27(29)23-15-11-21(12-16-23)19(5)6/h9-16,18-19,24-25H,7-8,17H2,1-6H3. The summed E-state index contributed by atoms with van der Waals surface area (Å²) in [4.78, 5) is 25.1. The first-order valence-electron chi connectivity index (χ1n) is 11.4. The van der Waals surface area contributed by atoms with Crippen LogP contribution in [0.3, 0.4) is 0 Å². The molecule has 4 heteroatoms. The van der Waals surface area contributed by atoms with E-state index in [9.17, 15) is 9.59 Å². The van der Waals surface area contributed by atoms with Crippen molar-refractivity contribution in [3.63, 3.8) is 0 Å². The van der Waals surface area contributed by atoms with Crippen LogP contribution >= 0.6 is 0 Å². The predicted molar refractivity (Wildman–Crippen MR) is 125 cm³/mol. The molecule has 0 aliphatic rings. The Morgan fingerprint density at radius 2 is 0.968 bits per heavy atom. The molecule has 0 bridgehead atoms. The van der Waals surface area contributed by atoms with Crippen molar-refractivity contribution in [3.05, 3.63) is 70.8 Å². The normalized spacial score (nSPS) is 13.2. The largest absolute Gasteiger partial charge is 0.459 e. The van der Waals surface area contributed by atoms with Gasteiger partial charge >= 0.3 is 11.9 Å². The Kier molecular flexibility index (Phi) is 9.29. The van der Waals surface area contributed by atoms with Crippen molar-refractivity contribution in [1.82, 2.24) is 0 Å². The molecule has 0 radical (unpaired) electrons. The average molecular weight is 425 g/mol. The van der Waals surface area contributed by atoms with Crippen molar-refractivity contribution in [1.29, 1.82) is 0 Å². The van der Waals surface area contributed by atoms with Crippen molar-refractivity contribution < 1.29 is 19.1 Å². The van der Waals surface area contributed by atoms with E-state index >= 15 is 0 Å². The zero-order chi connectivity index (χ0) is 23.0. The van der Waals surface area contributed by atoms with E-state index in [1.54, 1.807) is 0 Å². The fourth-order valence-electron chi connectivity index (χ4n) is 3.34. The van der Waals surface area contributed by atoms with E-state index < -0.39 is 0 Å². The molecule has 168 valence electrons. The second-order valence-electron chi connectivity index (χ2n) is 8.66. The molecule has 2 atom stereocenters. The van der Waals surface area contributed by atoms with Gasteiger partial charge in [0.2, 0.25) is 0 Å². The molecule has 2 rings (SSSR count). The van der Waals surface area contributed by atoms with E-state index in [1.807, 2.05) is 62.4 Å². The lowest BCUT2D eigenvalue weighted by molar-refractivity contribution is -0.00188. The molecule has 0 heterocycles. The van der Waals surface area contributed by atoms with E-state index in [2.05, 4.69) is 27.7 Å². The van der Waals surface area contributed by atoms with E-state index in [1.165, 1.54) is 11.1 Å². The summed E-state index contributed by atoms with van der Waals surface area (Å²) in [6, 6.07) is 15.1. The van der Waals surface area contributed by atoms with Gasteiger partial charge in [0, 0.05) is 6.42 Å².